The van der Waals surface area contributed by atoms with E-state index in [-0.39, 0.29) is 5.91 Å². The van der Waals surface area contributed by atoms with E-state index >= 15 is 0 Å². The van der Waals surface area contributed by atoms with Gasteiger partial charge in [-0.2, -0.15) is 5.10 Å². The number of amides is 1. The minimum absolute atomic E-state index is 0.216. The van der Waals surface area contributed by atoms with E-state index in [0.29, 0.717) is 18.0 Å². The van der Waals surface area contributed by atoms with E-state index in [1.165, 1.54) is 32.4 Å². The molecule has 1 aliphatic heterocycles. The Morgan fingerprint density at radius 2 is 1.86 bits per heavy atom. The number of ether oxygens (including phenoxy) is 1. The summed E-state index contributed by atoms with van der Waals surface area (Å²) < 4.78 is 7.24. The number of carboxylic acid groups (broad SMARTS) is 1. The molecule has 4 rings (SSSR count). The van der Waals surface area contributed by atoms with Crippen LogP contribution < -0.4 is 15.0 Å². The van der Waals surface area contributed by atoms with Crippen LogP contribution in [0.3, 0.4) is 0 Å². The van der Waals surface area contributed by atoms with Gasteiger partial charge in [-0.1, -0.05) is 24.3 Å². The maximum absolute atomic E-state index is 12.9. The average Bonchev–Trinajstić information content (AvgIpc) is 3.49. The molecule has 2 heterocycles. The molecule has 1 fully saturated rings. The van der Waals surface area contributed by atoms with Gasteiger partial charge in [0.15, 0.2) is 5.60 Å². The van der Waals surface area contributed by atoms with Crippen LogP contribution in [0.4, 0.5) is 5.69 Å². The van der Waals surface area contributed by atoms with Crippen molar-refractivity contribution in [2.45, 2.75) is 45.8 Å². The summed E-state index contributed by atoms with van der Waals surface area (Å²) in [5.41, 5.74) is 3.77. The number of aliphatic carboxylic acids is 1. The van der Waals surface area contributed by atoms with Crippen LogP contribution in [0.25, 0.3) is 11.3 Å². The van der Waals surface area contributed by atoms with Crippen LogP contribution in [0, 0.1) is 6.92 Å². The van der Waals surface area contributed by atoms with Crippen molar-refractivity contribution >= 4 is 17.6 Å². The number of carboxylic acids is 1. The Bertz CT molecular complexity index is 1240. The topological polar surface area (TPSA) is 96.7 Å². The van der Waals surface area contributed by atoms with Crippen LogP contribution in [0.1, 0.15) is 48.3 Å². The Morgan fingerprint density at radius 3 is 2.54 bits per heavy atom. The summed E-state index contributed by atoms with van der Waals surface area (Å²) in [5, 5.41) is 16.8. The highest BCUT2D eigenvalue weighted by atomic mass is 16.5. The predicted molar refractivity (Wildman–Crippen MR) is 135 cm³/mol. The van der Waals surface area contributed by atoms with Crippen LogP contribution in [-0.4, -0.2) is 45.5 Å². The number of carbonyl (C=O) groups is 2. The second kappa shape index (κ2) is 9.82. The average molecular weight is 477 g/mol. The summed E-state index contributed by atoms with van der Waals surface area (Å²) in [7, 11) is 1.77. The minimum atomic E-state index is -1.33. The van der Waals surface area contributed by atoms with Gasteiger partial charge < -0.3 is 20.1 Å². The lowest BCUT2D eigenvalue weighted by Gasteiger charge is -2.23. The summed E-state index contributed by atoms with van der Waals surface area (Å²) in [6.45, 7) is 7.34. The third-order valence-electron chi connectivity index (χ3n) is 6.30. The Morgan fingerprint density at radius 1 is 1.11 bits per heavy atom. The van der Waals surface area contributed by atoms with Crippen molar-refractivity contribution in [3.63, 3.8) is 0 Å². The molecule has 1 aromatic heterocycles. The molecule has 0 saturated carbocycles. The third-order valence-corrected chi connectivity index (χ3v) is 6.30. The second-order valence-corrected chi connectivity index (χ2v) is 9.48. The molecule has 2 aromatic carbocycles. The molecule has 1 aliphatic rings. The van der Waals surface area contributed by atoms with Crippen LogP contribution >= 0.6 is 0 Å². The Hall–Kier alpha value is -3.81. The molecule has 1 saturated heterocycles. The monoisotopic (exact) mass is 476 g/mol. The van der Waals surface area contributed by atoms with Gasteiger partial charge in [0.05, 0.1) is 5.69 Å². The molecule has 0 bridgehead atoms. The number of rotatable bonds is 8. The molecule has 1 amide bonds. The van der Waals surface area contributed by atoms with Gasteiger partial charge in [0.1, 0.15) is 11.4 Å². The van der Waals surface area contributed by atoms with Gasteiger partial charge in [-0.3, -0.25) is 9.48 Å². The van der Waals surface area contributed by atoms with Crippen molar-refractivity contribution in [2.75, 3.05) is 18.0 Å². The highest BCUT2D eigenvalue weighted by Gasteiger charge is 2.30. The lowest BCUT2D eigenvalue weighted by Crippen LogP contribution is -2.38. The zero-order valence-electron chi connectivity index (χ0n) is 20.7. The fraction of sp³-hybridized carbons (Fsp3) is 0.370. The first-order valence-electron chi connectivity index (χ1n) is 11.8. The van der Waals surface area contributed by atoms with Crippen LogP contribution in [-0.2, 0) is 18.4 Å². The van der Waals surface area contributed by atoms with Gasteiger partial charge in [-0.05, 0) is 69.0 Å². The van der Waals surface area contributed by atoms with Crippen molar-refractivity contribution in [1.29, 1.82) is 0 Å². The van der Waals surface area contributed by atoms with E-state index in [1.807, 2.05) is 37.3 Å². The number of carbonyl (C=O) groups excluding carboxylic acids is 1. The summed E-state index contributed by atoms with van der Waals surface area (Å²) >= 11 is 0. The van der Waals surface area contributed by atoms with Crippen molar-refractivity contribution in [2.24, 2.45) is 7.05 Å². The quantitative estimate of drug-likeness (QED) is 0.507. The predicted octanol–water partition coefficient (Wildman–Crippen LogP) is 4.17. The lowest BCUT2D eigenvalue weighted by molar-refractivity contribution is -0.152. The number of aromatic nitrogens is 2. The minimum Gasteiger partial charge on any atom is -0.478 e. The molecule has 2 N–H and O–H groups in total. The molecule has 3 aromatic rings. The number of hydrogen-bond acceptors (Lipinski definition) is 5. The molecule has 0 aliphatic carbocycles. The maximum atomic E-state index is 12.9. The molecule has 184 valence electrons. The highest BCUT2D eigenvalue weighted by molar-refractivity contribution is 5.93. The maximum Gasteiger partial charge on any atom is 0.347 e. The fourth-order valence-electron chi connectivity index (χ4n) is 4.19. The smallest absolute Gasteiger partial charge is 0.347 e. The largest absolute Gasteiger partial charge is 0.478 e. The SMILES string of the molecule is Cc1cc(CNC(=O)c2cc(-c3cccc(N4CCCC4)c3)nn2C)ccc1OC(C)(C)C(=O)O. The number of aryl methyl sites for hydroxylation is 2. The number of anilines is 1. The lowest BCUT2D eigenvalue weighted by atomic mass is 10.1. The molecular weight excluding hydrogens is 444 g/mol. The number of hydrogen-bond donors (Lipinski definition) is 2. The molecule has 8 nitrogen and oxygen atoms in total. The Labute approximate surface area is 205 Å². The van der Waals surface area contributed by atoms with Gasteiger partial charge in [0.2, 0.25) is 0 Å². The van der Waals surface area contributed by atoms with E-state index in [4.69, 9.17) is 4.74 Å². The van der Waals surface area contributed by atoms with E-state index < -0.39 is 11.6 Å². The number of nitrogens with one attached hydrogen (secondary N) is 1. The molecule has 0 unspecified atom stereocenters. The molecule has 0 spiro atoms. The first kappa shape index (κ1) is 24.3. The molecule has 8 heteroatoms. The second-order valence-electron chi connectivity index (χ2n) is 9.48. The normalized spacial score (nSPS) is 13.7. The summed E-state index contributed by atoms with van der Waals surface area (Å²) in [6, 6.07) is 15.5. The molecule has 0 radical (unpaired) electrons. The van der Waals surface area contributed by atoms with Crippen molar-refractivity contribution in [3.8, 4) is 17.0 Å². The van der Waals surface area contributed by atoms with Crippen molar-refractivity contribution < 1.29 is 19.4 Å². The molecular formula is C27H32N4O4. The Balaban J connectivity index is 1.43. The van der Waals surface area contributed by atoms with E-state index in [9.17, 15) is 14.7 Å². The van der Waals surface area contributed by atoms with Crippen molar-refractivity contribution in [3.05, 3.63) is 65.4 Å². The van der Waals surface area contributed by atoms with E-state index in [1.54, 1.807) is 17.8 Å². The standard InChI is InChI=1S/C27H32N4O4/c1-18-14-19(10-11-24(18)35-27(2,3)26(33)34)17-28-25(32)23-16-22(29-30(23)4)20-8-7-9-21(15-20)31-12-5-6-13-31/h7-11,14-16H,5-6,12-13,17H2,1-4H3,(H,28,32)(H,33,34). The fourth-order valence-corrected chi connectivity index (χ4v) is 4.19. The number of benzene rings is 2. The van der Waals surface area contributed by atoms with Gasteiger partial charge in [0, 0.05) is 37.9 Å². The third kappa shape index (κ3) is 5.48. The van der Waals surface area contributed by atoms with Crippen molar-refractivity contribution in [1.82, 2.24) is 15.1 Å². The van der Waals surface area contributed by atoms with Gasteiger partial charge >= 0.3 is 5.97 Å². The number of nitrogens with zero attached hydrogens (tertiary/aromatic N) is 3. The van der Waals surface area contributed by atoms with Crippen LogP contribution in [0.5, 0.6) is 5.75 Å². The highest BCUT2D eigenvalue weighted by Crippen LogP contribution is 2.27. The summed E-state index contributed by atoms with van der Waals surface area (Å²) in [4.78, 5) is 26.6. The first-order chi connectivity index (χ1) is 16.6. The van der Waals surface area contributed by atoms with E-state index in [0.717, 1.165) is 35.5 Å². The Kier molecular flexibility index (Phi) is 6.82. The zero-order chi connectivity index (χ0) is 25.2. The summed E-state index contributed by atoms with van der Waals surface area (Å²) in [5.74, 6) is -0.751. The zero-order valence-corrected chi connectivity index (χ0v) is 20.7. The molecule has 0 atom stereocenters. The van der Waals surface area contributed by atoms with Gasteiger partial charge in [-0.25, -0.2) is 4.79 Å². The molecule has 35 heavy (non-hydrogen) atoms. The summed E-state index contributed by atoms with van der Waals surface area (Å²) in [6.07, 6.45) is 2.43. The van der Waals surface area contributed by atoms with Crippen LogP contribution in [0.2, 0.25) is 0 Å². The van der Waals surface area contributed by atoms with E-state index in [2.05, 4.69) is 27.4 Å². The van der Waals surface area contributed by atoms with Gasteiger partial charge in [-0.15, -0.1) is 0 Å². The van der Waals surface area contributed by atoms with Gasteiger partial charge in [0.25, 0.3) is 5.91 Å². The van der Waals surface area contributed by atoms with Crippen LogP contribution in [0.15, 0.2) is 48.5 Å². The first-order valence-corrected chi connectivity index (χ1v) is 11.8.